The number of amides is 1. The van der Waals surface area contributed by atoms with Crippen LogP contribution in [0.4, 0.5) is 5.69 Å². The Bertz CT molecular complexity index is 1040. The first kappa shape index (κ1) is 18.4. The van der Waals surface area contributed by atoms with Crippen LogP contribution in [0.15, 0.2) is 54.6 Å². The number of esters is 1. The normalized spacial score (nSPS) is 17.1. The summed E-state index contributed by atoms with van der Waals surface area (Å²) in [4.78, 5) is 31.2. The lowest BCUT2D eigenvalue weighted by atomic mass is 10.1. The van der Waals surface area contributed by atoms with E-state index in [1.54, 1.807) is 17.9 Å². The summed E-state index contributed by atoms with van der Waals surface area (Å²) in [7, 11) is 0. The number of para-hydroxylation sites is 2. The number of anilines is 1. The van der Waals surface area contributed by atoms with Crippen molar-refractivity contribution < 1.29 is 14.3 Å². The molecule has 0 saturated carbocycles. The number of rotatable bonds is 4. The van der Waals surface area contributed by atoms with Crippen molar-refractivity contribution in [3.05, 3.63) is 65.2 Å². The van der Waals surface area contributed by atoms with Crippen molar-refractivity contribution in [1.29, 1.82) is 0 Å². The van der Waals surface area contributed by atoms with E-state index < -0.39 is 12.1 Å². The van der Waals surface area contributed by atoms with Gasteiger partial charge in [-0.15, -0.1) is 11.3 Å². The molecule has 0 saturated heterocycles. The van der Waals surface area contributed by atoms with Crippen LogP contribution in [0.5, 0.6) is 0 Å². The number of carbonyl (C=O) groups is 2. The maximum absolute atomic E-state index is 12.9. The molecule has 3 aromatic rings. The molecule has 0 fully saturated rings. The van der Waals surface area contributed by atoms with Gasteiger partial charge in [-0.3, -0.25) is 4.79 Å². The van der Waals surface area contributed by atoms with Gasteiger partial charge in [0, 0.05) is 17.8 Å². The molecule has 1 aromatic heterocycles. The first-order chi connectivity index (χ1) is 13.5. The summed E-state index contributed by atoms with van der Waals surface area (Å²) in [5, 5.41) is 0.722. The van der Waals surface area contributed by atoms with Crippen molar-refractivity contribution in [3.63, 3.8) is 0 Å². The van der Waals surface area contributed by atoms with E-state index in [-0.39, 0.29) is 11.9 Å². The number of benzene rings is 2. The van der Waals surface area contributed by atoms with Gasteiger partial charge in [0.05, 0.1) is 10.2 Å². The Kier molecular flexibility index (Phi) is 4.96. The molecule has 28 heavy (non-hydrogen) atoms. The summed E-state index contributed by atoms with van der Waals surface area (Å²) in [5.41, 5.74) is 2.93. The number of carbonyl (C=O) groups excluding carboxylic acids is 2. The highest BCUT2D eigenvalue weighted by Crippen LogP contribution is 2.32. The average Bonchev–Trinajstić information content (AvgIpc) is 3.25. The zero-order valence-electron chi connectivity index (χ0n) is 15.7. The zero-order valence-corrected chi connectivity index (χ0v) is 16.5. The van der Waals surface area contributed by atoms with E-state index in [1.807, 2.05) is 55.5 Å². The van der Waals surface area contributed by atoms with Gasteiger partial charge in [0.1, 0.15) is 5.01 Å². The van der Waals surface area contributed by atoms with Gasteiger partial charge in [-0.05, 0) is 50.1 Å². The molecular formula is C22H20N2O3S. The average molecular weight is 392 g/mol. The second-order valence-corrected chi connectivity index (χ2v) is 7.88. The summed E-state index contributed by atoms with van der Waals surface area (Å²) >= 11 is 1.50. The van der Waals surface area contributed by atoms with Crippen molar-refractivity contribution in [2.75, 3.05) is 4.90 Å². The molecule has 6 heteroatoms. The molecule has 0 unspecified atom stereocenters. The van der Waals surface area contributed by atoms with Crippen molar-refractivity contribution in [3.8, 4) is 0 Å². The van der Waals surface area contributed by atoms with Crippen LogP contribution in [0.3, 0.4) is 0 Å². The van der Waals surface area contributed by atoms with E-state index in [9.17, 15) is 9.59 Å². The SMILES string of the molecule is C[C@H](OC(=O)/C=C/c1nc2ccccc2s1)C(=O)N1c2ccccc2C[C@H]1C. The molecule has 2 heterocycles. The number of ether oxygens (including phenoxy) is 1. The fourth-order valence-electron chi connectivity index (χ4n) is 3.46. The van der Waals surface area contributed by atoms with E-state index >= 15 is 0 Å². The van der Waals surface area contributed by atoms with Crippen LogP contribution in [0.1, 0.15) is 24.4 Å². The standard InChI is InChI=1S/C22H20N2O3S/c1-14-13-16-7-3-5-9-18(16)24(14)22(26)15(2)27-21(25)12-11-20-23-17-8-4-6-10-19(17)28-20/h3-12,14-15H,13H2,1-2H3/b12-11+/t14-,15+/m1/s1. The first-order valence-corrected chi connectivity index (χ1v) is 10.00. The predicted molar refractivity (Wildman–Crippen MR) is 111 cm³/mol. The van der Waals surface area contributed by atoms with Gasteiger partial charge >= 0.3 is 5.97 Å². The van der Waals surface area contributed by atoms with Crippen LogP contribution in [0.2, 0.25) is 0 Å². The quantitative estimate of drug-likeness (QED) is 0.493. The molecule has 0 radical (unpaired) electrons. The van der Waals surface area contributed by atoms with Gasteiger partial charge in [-0.2, -0.15) is 0 Å². The van der Waals surface area contributed by atoms with Gasteiger partial charge < -0.3 is 9.64 Å². The maximum atomic E-state index is 12.9. The van der Waals surface area contributed by atoms with Gasteiger partial charge in [-0.25, -0.2) is 9.78 Å². The number of nitrogens with zero attached hydrogens (tertiary/aromatic N) is 2. The Labute approximate surface area is 167 Å². The van der Waals surface area contributed by atoms with E-state index in [2.05, 4.69) is 4.98 Å². The third-order valence-electron chi connectivity index (χ3n) is 4.76. The number of fused-ring (bicyclic) bond motifs is 2. The third kappa shape index (κ3) is 3.55. The van der Waals surface area contributed by atoms with Crippen LogP contribution in [0.25, 0.3) is 16.3 Å². The van der Waals surface area contributed by atoms with E-state index in [0.717, 1.165) is 32.9 Å². The van der Waals surface area contributed by atoms with Gasteiger partial charge in [-0.1, -0.05) is 30.3 Å². The molecule has 5 nitrogen and oxygen atoms in total. The summed E-state index contributed by atoms with van der Waals surface area (Å²) in [6.07, 6.45) is 2.89. The summed E-state index contributed by atoms with van der Waals surface area (Å²) in [6, 6.07) is 15.7. The Hall–Kier alpha value is -2.99. The molecule has 1 amide bonds. The van der Waals surface area contributed by atoms with Gasteiger partial charge in [0.25, 0.3) is 5.91 Å². The molecule has 0 bridgehead atoms. The second-order valence-electron chi connectivity index (χ2n) is 6.82. The van der Waals surface area contributed by atoms with Crippen LogP contribution in [-0.2, 0) is 20.7 Å². The van der Waals surface area contributed by atoms with Crippen LogP contribution >= 0.6 is 11.3 Å². The Morgan fingerprint density at radius 2 is 1.96 bits per heavy atom. The van der Waals surface area contributed by atoms with E-state index in [4.69, 9.17) is 4.74 Å². The smallest absolute Gasteiger partial charge is 0.331 e. The van der Waals surface area contributed by atoms with Crippen LogP contribution in [0, 0.1) is 0 Å². The molecule has 142 valence electrons. The van der Waals surface area contributed by atoms with Crippen molar-refractivity contribution >= 4 is 45.2 Å². The maximum Gasteiger partial charge on any atom is 0.331 e. The minimum atomic E-state index is -0.860. The molecule has 1 aliphatic rings. The highest BCUT2D eigenvalue weighted by Gasteiger charge is 2.34. The summed E-state index contributed by atoms with van der Waals surface area (Å²) in [5.74, 6) is -0.764. The highest BCUT2D eigenvalue weighted by molar-refractivity contribution is 7.19. The molecule has 0 spiro atoms. The minimum absolute atomic E-state index is 0.0457. The Morgan fingerprint density at radius 3 is 2.79 bits per heavy atom. The molecule has 0 aliphatic carbocycles. The van der Waals surface area contributed by atoms with E-state index in [0.29, 0.717) is 0 Å². The van der Waals surface area contributed by atoms with Crippen LogP contribution in [-0.4, -0.2) is 29.0 Å². The molecule has 4 rings (SSSR count). The molecule has 0 N–H and O–H groups in total. The molecule has 1 aliphatic heterocycles. The number of hydrogen-bond donors (Lipinski definition) is 0. The zero-order chi connectivity index (χ0) is 19.7. The number of hydrogen-bond acceptors (Lipinski definition) is 5. The van der Waals surface area contributed by atoms with Crippen molar-refractivity contribution in [1.82, 2.24) is 4.98 Å². The lowest BCUT2D eigenvalue weighted by Gasteiger charge is -2.25. The fraction of sp³-hybridized carbons (Fsp3) is 0.227. The van der Waals surface area contributed by atoms with E-state index in [1.165, 1.54) is 17.4 Å². The third-order valence-corrected chi connectivity index (χ3v) is 5.76. The highest BCUT2D eigenvalue weighted by atomic mass is 32.1. The fourth-order valence-corrected chi connectivity index (χ4v) is 4.33. The number of thiazole rings is 1. The predicted octanol–water partition coefficient (Wildman–Crippen LogP) is 4.22. The monoisotopic (exact) mass is 392 g/mol. The van der Waals surface area contributed by atoms with Crippen molar-refractivity contribution in [2.45, 2.75) is 32.4 Å². The second kappa shape index (κ2) is 7.56. The first-order valence-electron chi connectivity index (χ1n) is 9.18. The number of aromatic nitrogens is 1. The largest absolute Gasteiger partial charge is 0.449 e. The molecule has 2 atom stereocenters. The Balaban J connectivity index is 1.42. The van der Waals surface area contributed by atoms with Gasteiger partial charge in [0.2, 0.25) is 0 Å². The summed E-state index contributed by atoms with van der Waals surface area (Å²) < 4.78 is 6.40. The molecular weight excluding hydrogens is 372 g/mol. The summed E-state index contributed by atoms with van der Waals surface area (Å²) in [6.45, 7) is 3.61. The lowest BCUT2D eigenvalue weighted by Crippen LogP contribution is -2.43. The minimum Gasteiger partial charge on any atom is -0.449 e. The van der Waals surface area contributed by atoms with Crippen LogP contribution < -0.4 is 4.90 Å². The topological polar surface area (TPSA) is 59.5 Å². The lowest BCUT2D eigenvalue weighted by molar-refractivity contribution is -0.149. The molecule has 2 aromatic carbocycles. The van der Waals surface area contributed by atoms with Gasteiger partial charge in [0.15, 0.2) is 6.10 Å². The Morgan fingerprint density at radius 1 is 1.21 bits per heavy atom. The van der Waals surface area contributed by atoms with Crippen molar-refractivity contribution in [2.24, 2.45) is 0 Å².